The average Bonchev–Trinajstić information content (AvgIpc) is 2.70. The van der Waals surface area contributed by atoms with Crippen molar-refractivity contribution < 1.29 is 5.11 Å². The number of hydrogen-bond donors (Lipinski definition) is 1. The van der Waals surface area contributed by atoms with Crippen LogP contribution in [0.15, 0.2) is 47.5 Å². The summed E-state index contributed by atoms with van der Waals surface area (Å²) in [4.78, 5) is 4.56. The Morgan fingerprint density at radius 2 is 1.39 bits per heavy atom. The van der Waals surface area contributed by atoms with E-state index in [0.717, 1.165) is 16.8 Å². The van der Waals surface area contributed by atoms with Crippen LogP contribution in [-0.4, -0.2) is 11.3 Å². The van der Waals surface area contributed by atoms with Gasteiger partial charge in [-0.15, -0.1) is 0 Å². The number of benzene rings is 2. The van der Waals surface area contributed by atoms with Crippen molar-refractivity contribution in [2.75, 3.05) is 0 Å². The van der Waals surface area contributed by atoms with Gasteiger partial charge >= 0.3 is 0 Å². The van der Waals surface area contributed by atoms with Crippen LogP contribution in [0.25, 0.3) is 0 Å². The lowest BCUT2D eigenvalue weighted by Gasteiger charge is -2.21. The third-order valence-corrected chi connectivity index (χ3v) is 5.97. The van der Waals surface area contributed by atoms with Crippen LogP contribution in [0.5, 0.6) is 5.75 Å². The zero-order chi connectivity index (χ0) is 19.6. The molecule has 0 bridgehead atoms. The standard InChI is InChI=1S/C26H35NO/c1-21-18-23(20-27-24-16-12-9-13-17-24)26(28)25(19-21)22-14-10-7-5-3-2-4-6-8-11-15-22/h9,12-13,16-20,22,28H,2-8,10-11,14-15H2,1H3. The largest absolute Gasteiger partial charge is 0.507 e. The fraction of sp³-hybridized carbons (Fsp3) is 0.500. The minimum absolute atomic E-state index is 0.433. The number of phenolic OH excluding ortho intramolecular Hbond substituents is 1. The third kappa shape index (κ3) is 6.22. The normalized spacial score (nSPS) is 17.9. The van der Waals surface area contributed by atoms with Crippen LogP contribution in [-0.2, 0) is 0 Å². The number of rotatable bonds is 3. The molecule has 0 unspecified atom stereocenters. The van der Waals surface area contributed by atoms with E-state index in [-0.39, 0.29) is 0 Å². The molecule has 0 atom stereocenters. The van der Waals surface area contributed by atoms with Crippen molar-refractivity contribution in [3.8, 4) is 5.75 Å². The predicted octanol–water partition coefficient (Wildman–Crippen LogP) is 7.84. The molecule has 2 aromatic carbocycles. The van der Waals surface area contributed by atoms with Crippen LogP contribution >= 0.6 is 0 Å². The number of aromatic hydroxyl groups is 1. The van der Waals surface area contributed by atoms with E-state index in [1.54, 1.807) is 0 Å². The molecule has 0 radical (unpaired) electrons. The minimum atomic E-state index is 0.433. The summed E-state index contributed by atoms with van der Waals surface area (Å²) in [5.74, 6) is 0.894. The molecule has 2 heteroatoms. The van der Waals surface area contributed by atoms with Crippen molar-refractivity contribution in [2.45, 2.75) is 83.5 Å². The quantitative estimate of drug-likeness (QED) is 0.543. The summed E-state index contributed by atoms with van der Waals surface area (Å²) in [6.45, 7) is 2.12. The van der Waals surface area contributed by atoms with E-state index in [0.29, 0.717) is 11.7 Å². The van der Waals surface area contributed by atoms with Gasteiger partial charge in [0.2, 0.25) is 0 Å². The second kappa shape index (κ2) is 11.0. The highest BCUT2D eigenvalue weighted by Gasteiger charge is 2.18. The van der Waals surface area contributed by atoms with E-state index >= 15 is 0 Å². The summed E-state index contributed by atoms with van der Waals surface area (Å²) in [5.41, 5.74) is 4.08. The van der Waals surface area contributed by atoms with E-state index < -0.39 is 0 Å². The number of hydrogen-bond acceptors (Lipinski definition) is 2. The van der Waals surface area contributed by atoms with Gasteiger partial charge in [-0.3, -0.25) is 4.99 Å². The number of phenols is 1. The summed E-state index contributed by atoms with van der Waals surface area (Å²) in [7, 11) is 0. The van der Waals surface area contributed by atoms with E-state index in [2.05, 4.69) is 18.0 Å². The van der Waals surface area contributed by atoms with Gasteiger partial charge in [0.25, 0.3) is 0 Å². The molecule has 0 saturated heterocycles. The van der Waals surface area contributed by atoms with Crippen LogP contribution in [0.1, 0.15) is 93.2 Å². The molecule has 1 N–H and O–H groups in total. The lowest BCUT2D eigenvalue weighted by atomic mass is 9.85. The number of aliphatic imine (C=N–C) groups is 1. The van der Waals surface area contributed by atoms with Gasteiger partial charge in [0.1, 0.15) is 5.75 Å². The first-order chi connectivity index (χ1) is 13.7. The Labute approximate surface area is 170 Å². The SMILES string of the molecule is Cc1cc(C=Nc2ccccc2)c(O)c(C2CCCCCCCCCCC2)c1. The Kier molecular flexibility index (Phi) is 8.14. The maximum Gasteiger partial charge on any atom is 0.127 e. The fourth-order valence-corrected chi connectivity index (χ4v) is 4.38. The Balaban J connectivity index is 1.80. The molecular formula is C26H35NO. The molecule has 150 valence electrons. The van der Waals surface area contributed by atoms with Crippen molar-refractivity contribution in [1.82, 2.24) is 0 Å². The second-order valence-electron chi connectivity index (χ2n) is 8.34. The monoisotopic (exact) mass is 377 g/mol. The molecule has 0 heterocycles. The Morgan fingerprint density at radius 1 is 0.821 bits per heavy atom. The van der Waals surface area contributed by atoms with Gasteiger partial charge in [-0.1, -0.05) is 82.1 Å². The van der Waals surface area contributed by atoms with Crippen LogP contribution in [0.4, 0.5) is 5.69 Å². The molecule has 1 aliphatic rings. The third-order valence-electron chi connectivity index (χ3n) is 5.97. The number of nitrogens with zero attached hydrogens (tertiary/aromatic N) is 1. The molecular weight excluding hydrogens is 342 g/mol. The van der Waals surface area contributed by atoms with Gasteiger partial charge in [0.05, 0.1) is 5.69 Å². The first kappa shape index (κ1) is 20.6. The van der Waals surface area contributed by atoms with Crippen molar-refractivity contribution in [3.05, 3.63) is 59.2 Å². The van der Waals surface area contributed by atoms with Crippen LogP contribution in [0.2, 0.25) is 0 Å². The summed E-state index contributed by atoms with van der Waals surface area (Å²) < 4.78 is 0. The van der Waals surface area contributed by atoms with E-state index in [1.807, 2.05) is 42.6 Å². The predicted molar refractivity (Wildman–Crippen MR) is 120 cm³/mol. The Bertz CT molecular complexity index is 739. The highest BCUT2D eigenvalue weighted by molar-refractivity contribution is 5.86. The highest BCUT2D eigenvalue weighted by Crippen LogP contribution is 2.37. The smallest absolute Gasteiger partial charge is 0.127 e. The van der Waals surface area contributed by atoms with E-state index in [9.17, 15) is 5.11 Å². The van der Waals surface area contributed by atoms with Gasteiger partial charge in [-0.25, -0.2) is 0 Å². The molecule has 2 aromatic rings. The zero-order valence-electron chi connectivity index (χ0n) is 17.4. The maximum absolute atomic E-state index is 11.0. The van der Waals surface area contributed by atoms with E-state index in [4.69, 9.17) is 0 Å². The lowest BCUT2D eigenvalue weighted by Crippen LogP contribution is -2.03. The Morgan fingerprint density at radius 3 is 2.00 bits per heavy atom. The summed E-state index contributed by atoms with van der Waals surface area (Å²) in [6, 6.07) is 14.2. The van der Waals surface area contributed by atoms with Gasteiger partial charge in [0, 0.05) is 11.8 Å². The summed E-state index contributed by atoms with van der Waals surface area (Å²) >= 11 is 0. The molecule has 3 rings (SSSR count). The molecule has 0 aromatic heterocycles. The van der Waals surface area contributed by atoms with Crippen LogP contribution in [0.3, 0.4) is 0 Å². The van der Waals surface area contributed by atoms with Crippen molar-refractivity contribution in [2.24, 2.45) is 4.99 Å². The van der Waals surface area contributed by atoms with E-state index in [1.165, 1.54) is 76.2 Å². The molecule has 0 amide bonds. The topological polar surface area (TPSA) is 32.6 Å². The molecule has 1 saturated carbocycles. The molecule has 2 nitrogen and oxygen atoms in total. The fourth-order valence-electron chi connectivity index (χ4n) is 4.38. The van der Waals surface area contributed by atoms with Gasteiger partial charge in [-0.05, 0) is 55.0 Å². The highest BCUT2D eigenvalue weighted by atomic mass is 16.3. The first-order valence-electron chi connectivity index (χ1n) is 11.2. The Hall–Kier alpha value is -2.09. The second-order valence-corrected chi connectivity index (χ2v) is 8.34. The molecule has 1 aliphatic carbocycles. The number of aryl methyl sites for hydroxylation is 1. The summed E-state index contributed by atoms with van der Waals surface area (Å²) in [5, 5.41) is 11.0. The summed E-state index contributed by atoms with van der Waals surface area (Å²) in [6.07, 6.45) is 16.3. The van der Waals surface area contributed by atoms with Crippen molar-refractivity contribution >= 4 is 11.9 Å². The van der Waals surface area contributed by atoms with Gasteiger partial charge in [0.15, 0.2) is 0 Å². The average molecular weight is 378 g/mol. The van der Waals surface area contributed by atoms with Crippen LogP contribution in [0, 0.1) is 6.92 Å². The lowest BCUT2D eigenvalue weighted by molar-refractivity contribution is 0.432. The van der Waals surface area contributed by atoms with Crippen LogP contribution < -0.4 is 0 Å². The number of para-hydroxylation sites is 1. The van der Waals surface area contributed by atoms with Crippen molar-refractivity contribution in [3.63, 3.8) is 0 Å². The molecule has 1 fully saturated rings. The van der Waals surface area contributed by atoms with Crippen molar-refractivity contribution in [1.29, 1.82) is 0 Å². The van der Waals surface area contributed by atoms with Gasteiger partial charge in [-0.2, -0.15) is 0 Å². The molecule has 28 heavy (non-hydrogen) atoms. The molecule has 0 spiro atoms. The zero-order valence-corrected chi connectivity index (χ0v) is 17.4. The maximum atomic E-state index is 11.0. The van der Waals surface area contributed by atoms with Gasteiger partial charge < -0.3 is 5.11 Å². The minimum Gasteiger partial charge on any atom is -0.507 e. The molecule has 0 aliphatic heterocycles. The first-order valence-corrected chi connectivity index (χ1v) is 11.2.